The molecule has 90 valence electrons. The van der Waals surface area contributed by atoms with Crippen LogP contribution in [0.1, 0.15) is 46.5 Å². The Morgan fingerprint density at radius 3 is 2.27 bits per heavy atom. The van der Waals surface area contributed by atoms with Crippen LogP contribution in [0.15, 0.2) is 0 Å². The highest BCUT2D eigenvalue weighted by molar-refractivity contribution is 5.85. The van der Waals surface area contributed by atoms with Crippen molar-refractivity contribution in [2.24, 2.45) is 11.7 Å². The van der Waals surface area contributed by atoms with E-state index in [9.17, 15) is 4.79 Å². The quantitative estimate of drug-likeness (QED) is 0.710. The fourth-order valence-corrected chi connectivity index (χ4v) is 1.83. The van der Waals surface area contributed by atoms with Crippen molar-refractivity contribution in [1.82, 2.24) is 0 Å². The molecule has 0 aliphatic heterocycles. The Kier molecular flexibility index (Phi) is 5.60. The summed E-state index contributed by atoms with van der Waals surface area (Å²) in [6, 6.07) is -0.00130. The van der Waals surface area contributed by atoms with Gasteiger partial charge in [-0.15, -0.1) is 12.4 Å². The van der Waals surface area contributed by atoms with Gasteiger partial charge in [0.15, 0.2) is 0 Å². The highest BCUT2D eigenvalue weighted by Gasteiger charge is 2.31. The number of rotatable bonds is 1. The summed E-state index contributed by atoms with van der Waals surface area (Å²) < 4.78 is 5.33. The zero-order valence-corrected chi connectivity index (χ0v) is 10.6. The van der Waals surface area contributed by atoms with Crippen molar-refractivity contribution in [2.45, 2.75) is 58.1 Å². The highest BCUT2D eigenvalue weighted by atomic mass is 35.5. The average Bonchev–Trinajstić information content (AvgIpc) is 2.01. The van der Waals surface area contributed by atoms with Crippen LogP contribution in [0.3, 0.4) is 0 Å². The van der Waals surface area contributed by atoms with E-state index in [4.69, 9.17) is 10.5 Å². The van der Waals surface area contributed by atoms with Gasteiger partial charge in [-0.25, -0.2) is 0 Å². The molecule has 0 aromatic rings. The maximum Gasteiger partial charge on any atom is 0.311 e. The molecule has 2 unspecified atom stereocenters. The van der Waals surface area contributed by atoms with Crippen LogP contribution >= 0.6 is 12.4 Å². The summed E-state index contributed by atoms with van der Waals surface area (Å²) >= 11 is 0. The molecule has 2 N–H and O–H groups in total. The van der Waals surface area contributed by atoms with Gasteiger partial charge in [-0.2, -0.15) is 0 Å². The van der Waals surface area contributed by atoms with E-state index in [1.807, 2.05) is 20.8 Å². The van der Waals surface area contributed by atoms with Crippen molar-refractivity contribution in [3.05, 3.63) is 0 Å². The molecule has 0 spiro atoms. The fraction of sp³-hybridized carbons (Fsp3) is 0.909. The second kappa shape index (κ2) is 5.71. The molecule has 0 bridgehead atoms. The molecule has 4 heteroatoms. The van der Waals surface area contributed by atoms with Crippen molar-refractivity contribution in [1.29, 1.82) is 0 Å². The van der Waals surface area contributed by atoms with Crippen molar-refractivity contribution >= 4 is 18.4 Å². The van der Waals surface area contributed by atoms with Crippen LogP contribution in [0.4, 0.5) is 0 Å². The van der Waals surface area contributed by atoms with Gasteiger partial charge in [0, 0.05) is 6.04 Å². The summed E-state index contributed by atoms with van der Waals surface area (Å²) in [5.74, 6) is -0.201. The number of hydrogen-bond donors (Lipinski definition) is 1. The molecule has 0 heterocycles. The molecule has 15 heavy (non-hydrogen) atoms. The second-order valence-corrected chi connectivity index (χ2v) is 5.09. The minimum Gasteiger partial charge on any atom is -0.460 e. The van der Waals surface area contributed by atoms with Gasteiger partial charge in [0.2, 0.25) is 0 Å². The molecule has 3 nitrogen and oxygen atoms in total. The number of carbonyl (C=O) groups is 1. The normalized spacial score (nSPS) is 26.7. The minimum atomic E-state index is -0.395. The first-order valence-electron chi connectivity index (χ1n) is 5.38. The summed E-state index contributed by atoms with van der Waals surface area (Å²) in [6.45, 7) is 5.66. The molecule has 0 aromatic heterocycles. The largest absolute Gasteiger partial charge is 0.460 e. The first-order chi connectivity index (χ1) is 6.40. The maximum atomic E-state index is 11.7. The number of hydrogen-bond acceptors (Lipinski definition) is 3. The van der Waals surface area contributed by atoms with E-state index in [2.05, 4.69) is 0 Å². The van der Waals surface area contributed by atoms with Gasteiger partial charge < -0.3 is 10.5 Å². The molecule has 0 aromatic carbocycles. The summed E-state index contributed by atoms with van der Waals surface area (Å²) in [5, 5.41) is 0. The lowest BCUT2D eigenvalue weighted by Crippen LogP contribution is -2.41. The predicted octanol–water partition coefficient (Wildman–Crippen LogP) is 2.27. The van der Waals surface area contributed by atoms with Crippen molar-refractivity contribution in [3.63, 3.8) is 0 Å². The lowest BCUT2D eigenvalue weighted by atomic mass is 9.85. The lowest BCUT2D eigenvalue weighted by molar-refractivity contribution is -0.161. The number of carbonyl (C=O) groups excluding carboxylic acids is 1. The third-order valence-electron chi connectivity index (χ3n) is 2.53. The molecule has 1 saturated carbocycles. The van der Waals surface area contributed by atoms with Crippen LogP contribution in [0.25, 0.3) is 0 Å². The minimum absolute atomic E-state index is 0. The predicted molar refractivity (Wildman–Crippen MR) is 63.0 cm³/mol. The Hall–Kier alpha value is -0.280. The highest BCUT2D eigenvalue weighted by Crippen LogP contribution is 2.25. The van der Waals surface area contributed by atoms with Gasteiger partial charge in [0.25, 0.3) is 0 Å². The molecule has 0 radical (unpaired) electrons. The molecule has 0 amide bonds. The fourth-order valence-electron chi connectivity index (χ4n) is 1.83. The second-order valence-electron chi connectivity index (χ2n) is 5.09. The number of nitrogens with two attached hydrogens (primary N) is 1. The topological polar surface area (TPSA) is 52.3 Å². The van der Waals surface area contributed by atoms with Gasteiger partial charge in [-0.3, -0.25) is 4.79 Å². The first kappa shape index (κ1) is 14.7. The molecule has 2 atom stereocenters. The number of halogens is 1. The molecule has 1 fully saturated rings. The third kappa shape index (κ3) is 4.85. The average molecular weight is 236 g/mol. The van der Waals surface area contributed by atoms with E-state index in [-0.39, 0.29) is 30.3 Å². The third-order valence-corrected chi connectivity index (χ3v) is 2.53. The van der Waals surface area contributed by atoms with Crippen molar-refractivity contribution in [2.75, 3.05) is 0 Å². The number of ether oxygens (including phenoxy) is 1. The van der Waals surface area contributed by atoms with Gasteiger partial charge in [-0.05, 0) is 33.6 Å². The standard InChI is InChI=1S/C11H21NO2.ClH/c1-11(2,3)14-10(13)8-6-4-5-7-9(8)12;/h8-9H,4-7,12H2,1-3H3;1H. The smallest absolute Gasteiger partial charge is 0.311 e. The Balaban J connectivity index is 0.00000196. The molecular weight excluding hydrogens is 214 g/mol. The van der Waals surface area contributed by atoms with Crippen LogP contribution in [0, 0.1) is 5.92 Å². The maximum absolute atomic E-state index is 11.7. The summed E-state index contributed by atoms with van der Waals surface area (Å²) in [7, 11) is 0. The zero-order valence-electron chi connectivity index (χ0n) is 9.79. The van der Waals surface area contributed by atoms with Gasteiger partial charge in [0.1, 0.15) is 5.60 Å². The zero-order chi connectivity index (χ0) is 10.8. The number of esters is 1. The van der Waals surface area contributed by atoms with E-state index >= 15 is 0 Å². The van der Waals surface area contributed by atoms with E-state index in [0.717, 1.165) is 25.7 Å². The molecule has 0 saturated heterocycles. The van der Waals surface area contributed by atoms with Crippen LogP contribution < -0.4 is 5.73 Å². The Labute approximate surface area is 98.2 Å². The van der Waals surface area contributed by atoms with E-state index in [0.29, 0.717) is 0 Å². The van der Waals surface area contributed by atoms with Crippen molar-refractivity contribution in [3.8, 4) is 0 Å². The Morgan fingerprint density at radius 2 is 1.80 bits per heavy atom. The van der Waals surface area contributed by atoms with Crippen LogP contribution in [0.5, 0.6) is 0 Å². The molecule has 1 aliphatic rings. The first-order valence-corrected chi connectivity index (χ1v) is 5.38. The van der Waals surface area contributed by atoms with E-state index < -0.39 is 5.60 Å². The SMILES string of the molecule is CC(C)(C)OC(=O)C1CCCCC1N.Cl. The van der Waals surface area contributed by atoms with Gasteiger partial charge >= 0.3 is 5.97 Å². The van der Waals surface area contributed by atoms with Crippen LogP contribution in [-0.2, 0) is 9.53 Å². The Morgan fingerprint density at radius 1 is 1.27 bits per heavy atom. The molecule has 1 aliphatic carbocycles. The molecule has 1 rings (SSSR count). The summed E-state index contributed by atoms with van der Waals surface area (Å²) in [5.41, 5.74) is 5.50. The van der Waals surface area contributed by atoms with Gasteiger partial charge in [-0.1, -0.05) is 12.8 Å². The Bertz CT molecular complexity index is 213. The van der Waals surface area contributed by atoms with Crippen LogP contribution in [-0.4, -0.2) is 17.6 Å². The summed E-state index contributed by atoms with van der Waals surface area (Å²) in [4.78, 5) is 11.7. The van der Waals surface area contributed by atoms with Crippen molar-refractivity contribution < 1.29 is 9.53 Å². The monoisotopic (exact) mass is 235 g/mol. The van der Waals surface area contributed by atoms with E-state index in [1.54, 1.807) is 0 Å². The lowest BCUT2D eigenvalue weighted by Gasteiger charge is -2.30. The van der Waals surface area contributed by atoms with Crippen LogP contribution in [0.2, 0.25) is 0 Å². The van der Waals surface area contributed by atoms with E-state index in [1.165, 1.54) is 0 Å². The summed E-state index contributed by atoms with van der Waals surface area (Å²) in [6.07, 6.45) is 4.07. The van der Waals surface area contributed by atoms with Gasteiger partial charge in [0.05, 0.1) is 5.92 Å². The molecular formula is C11H22ClNO2.